The summed E-state index contributed by atoms with van der Waals surface area (Å²) in [6, 6.07) is 0. The molecule has 0 aromatic heterocycles. The van der Waals surface area contributed by atoms with Crippen molar-refractivity contribution in [2.75, 3.05) is 13.7 Å². The Balaban J connectivity index is 2.63. The van der Waals surface area contributed by atoms with Gasteiger partial charge in [0, 0.05) is 13.7 Å². The highest BCUT2D eigenvalue weighted by molar-refractivity contribution is 5.79. The third-order valence-electron chi connectivity index (χ3n) is 2.16. The van der Waals surface area contributed by atoms with Crippen molar-refractivity contribution in [3.63, 3.8) is 0 Å². The summed E-state index contributed by atoms with van der Waals surface area (Å²) in [5.41, 5.74) is 0.932. The van der Waals surface area contributed by atoms with Crippen LogP contribution in [0.15, 0.2) is 12.2 Å². The first-order valence-electron chi connectivity index (χ1n) is 4.15. The highest BCUT2D eigenvalue weighted by atomic mass is 16.5. The second kappa shape index (κ2) is 3.72. The fraction of sp³-hybridized carbons (Fsp3) is 0.667. The highest BCUT2D eigenvalue weighted by Gasteiger charge is 2.33. The molecular weight excluding hydrogens is 154 g/mol. The summed E-state index contributed by atoms with van der Waals surface area (Å²) in [5, 5.41) is 2.63. The third-order valence-corrected chi connectivity index (χ3v) is 2.16. The molecule has 1 aliphatic heterocycles. The molecule has 0 aliphatic carbocycles. The van der Waals surface area contributed by atoms with Gasteiger partial charge in [-0.3, -0.25) is 4.79 Å². The molecule has 0 bridgehead atoms. The lowest BCUT2D eigenvalue weighted by molar-refractivity contribution is -0.125. The Bertz CT molecular complexity index is 201. The van der Waals surface area contributed by atoms with Gasteiger partial charge in [0.15, 0.2) is 0 Å². The van der Waals surface area contributed by atoms with E-state index in [0.717, 1.165) is 12.0 Å². The molecule has 3 nitrogen and oxygen atoms in total. The molecule has 3 heteroatoms. The van der Waals surface area contributed by atoms with Crippen LogP contribution < -0.4 is 5.32 Å². The molecule has 1 heterocycles. The first kappa shape index (κ1) is 9.26. The Morgan fingerprint density at radius 3 is 2.83 bits per heavy atom. The molecule has 1 rings (SSSR count). The Labute approximate surface area is 72.8 Å². The van der Waals surface area contributed by atoms with E-state index in [4.69, 9.17) is 4.74 Å². The van der Waals surface area contributed by atoms with E-state index < -0.39 is 0 Å². The molecule has 0 saturated carbocycles. The Kier molecular flexibility index (Phi) is 2.87. The molecule has 2 unspecified atom stereocenters. The largest absolute Gasteiger partial charge is 0.373 e. The normalized spacial score (nSPS) is 28.5. The zero-order valence-corrected chi connectivity index (χ0v) is 7.59. The van der Waals surface area contributed by atoms with Gasteiger partial charge in [-0.15, -0.1) is 0 Å². The molecule has 0 spiro atoms. The van der Waals surface area contributed by atoms with E-state index in [0.29, 0.717) is 6.61 Å². The van der Waals surface area contributed by atoms with Crippen LogP contribution in [-0.2, 0) is 9.53 Å². The molecule has 1 amide bonds. The lowest BCUT2D eigenvalue weighted by Crippen LogP contribution is -2.33. The molecule has 0 aromatic carbocycles. The molecule has 2 atom stereocenters. The minimum Gasteiger partial charge on any atom is -0.373 e. The van der Waals surface area contributed by atoms with Gasteiger partial charge in [-0.2, -0.15) is 0 Å². The Morgan fingerprint density at radius 1 is 1.67 bits per heavy atom. The molecule has 1 fully saturated rings. The first-order valence-corrected chi connectivity index (χ1v) is 4.15. The van der Waals surface area contributed by atoms with Crippen LogP contribution in [0.2, 0.25) is 0 Å². The number of nitrogens with one attached hydrogen (secondary N) is 1. The van der Waals surface area contributed by atoms with Crippen LogP contribution in [0.25, 0.3) is 0 Å². The third kappa shape index (κ3) is 1.67. The number of carbonyl (C=O) groups is 1. The minimum absolute atomic E-state index is 0.0347. The summed E-state index contributed by atoms with van der Waals surface area (Å²) >= 11 is 0. The molecule has 68 valence electrons. The molecule has 0 aromatic rings. The standard InChI is InChI=1S/C9H15NO2/c1-6(2)8-7(4-5-12-8)9(11)10-3/h7-8H,1,4-5H2,2-3H3,(H,10,11). The predicted octanol–water partition coefficient (Wildman–Crippen LogP) is 0.714. The summed E-state index contributed by atoms with van der Waals surface area (Å²) in [6.45, 7) is 6.36. The van der Waals surface area contributed by atoms with Crippen LogP contribution in [0, 0.1) is 5.92 Å². The van der Waals surface area contributed by atoms with Gasteiger partial charge < -0.3 is 10.1 Å². The van der Waals surface area contributed by atoms with Gasteiger partial charge in [0.05, 0.1) is 12.0 Å². The van der Waals surface area contributed by atoms with E-state index in [1.54, 1.807) is 7.05 Å². The second-order valence-corrected chi connectivity index (χ2v) is 3.15. The van der Waals surface area contributed by atoms with E-state index in [-0.39, 0.29) is 17.9 Å². The van der Waals surface area contributed by atoms with Crippen molar-refractivity contribution in [1.82, 2.24) is 5.32 Å². The van der Waals surface area contributed by atoms with Crippen molar-refractivity contribution in [2.45, 2.75) is 19.4 Å². The summed E-state index contributed by atoms with van der Waals surface area (Å²) in [5.74, 6) is 0.0213. The average molecular weight is 169 g/mol. The van der Waals surface area contributed by atoms with Crippen LogP contribution in [-0.4, -0.2) is 25.7 Å². The number of rotatable bonds is 2. The molecule has 1 saturated heterocycles. The zero-order chi connectivity index (χ0) is 9.14. The van der Waals surface area contributed by atoms with Crippen molar-refractivity contribution in [2.24, 2.45) is 5.92 Å². The molecule has 12 heavy (non-hydrogen) atoms. The van der Waals surface area contributed by atoms with E-state index >= 15 is 0 Å². The van der Waals surface area contributed by atoms with Crippen LogP contribution in [0.5, 0.6) is 0 Å². The zero-order valence-electron chi connectivity index (χ0n) is 7.59. The number of carbonyl (C=O) groups excluding carboxylic acids is 1. The Hall–Kier alpha value is -0.830. The summed E-state index contributed by atoms with van der Waals surface area (Å²) in [4.78, 5) is 11.3. The average Bonchev–Trinajstić information content (AvgIpc) is 2.50. The van der Waals surface area contributed by atoms with Gasteiger partial charge in [0.25, 0.3) is 0 Å². The number of hydrogen-bond acceptors (Lipinski definition) is 2. The Morgan fingerprint density at radius 2 is 2.33 bits per heavy atom. The van der Waals surface area contributed by atoms with Crippen molar-refractivity contribution in [3.8, 4) is 0 Å². The molecular formula is C9H15NO2. The first-order chi connectivity index (χ1) is 5.66. The van der Waals surface area contributed by atoms with Crippen molar-refractivity contribution in [3.05, 3.63) is 12.2 Å². The molecule has 1 N–H and O–H groups in total. The minimum atomic E-state index is -0.0788. The maximum atomic E-state index is 11.3. The van der Waals surface area contributed by atoms with E-state index in [1.807, 2.05) is 6.92 Å². The van der Waals surface area contributed by atoms with Gasteiger partial charge in [-0.1, -0.05) is 12.2 Å². The van der Waals surface area contributed by atoms with Crippen LogP contribution in [0.4, 0.5) is 0 Å². The lowest BCUT2D eigenvalue weighted by atomic mass is 9.96. The van der Waals surface area contributed by atoms with E-state index in [2.05, 4.69) is 11.9 Å². The fourth-order valence-electron chi connectivity index (χ4n) is 1.53. The van der Waals surface area contributed by atoms with Gasteiger partial charge in [-0.05, 0) is 13.3 Å². The van der Waals surface area contributed by atoms with Crippen LogP contribution in [0.3, 0.4) is 0 Å². The topological polar surface area (TPSA) is 38.3 Å². The van der Waals surface area contributed by atoms with Crippen molar-refractivity contribution < 1.29 is 9.53 Å². The predicted molar refractivity (Wildman–Crippen MR) is 46.7 cm³/mol. The number of hydrogen-bond donors (Lipinski definition) is 1. The van der Waals surface area contributed by atoms with Gasteiger partial charge in [0.1, 0.15) is 0 Å². The van der Waals surface area contributed by atoms with Gasteiger partial charge >= 0.3 is 0 Å². The summed E-state index contributed by atoms with van der Waals surface area (Å²) < 4.78 is 5.39. The van der Waals surface area contributed by atoms with Crippen LogP contribution >= 0.6 is 0 Å². The number of amides is 1. The molecule has 1 aliphatic rings. The van der Waals surface area contributed by atoms with Crippen molar-refractivity contribution in [1.29, 1.82) is 0 Å². The van der Waals surface area contributed by atoms with Gasteiger partial charge in [-0.25, -0.2) is 0 Å². The fourth-order valence-corrected chi connectivity index (χ4v) is 1.53. The maximum Gasteiger partial charge on any atom is 0.225 e. The van der Waals surface area contributed by atoms with Crippen LogP contribution in [0.1, 0.15) is 13.3 Å². The SMILES string of the molecule is C=C(C)C1OCCC1C(=O)NC. The van der Waals surface area contributed by atoms with E-state index in [9.17, 15) is 4.79 Å². The monoisotopic (exact) mass is 169 g/mol. The lowest BCUT2D eigenvalue weighted by Gasteiger charge is -2.16. The summed E-state index contributed by atoms with van der Waals surface area (Å²) in [6.07, 6.45) is 0.724. The summed E-state index contributed by atoms with van der Waals surface area (Å²) in [7, 11) is 1.65. The highest BCUT2D eigenvalue weighted by Crippen LogP contribution is 2.25. The quantitative estimate of drug-likeness (QED) is 0.618. The molecule has 0 radical (unpaired) electrons. The smallest absolute Gasteiger partial charge is 0.225 e. The van der Waals surface area contributed by atoms with Gasteiger partial charge in [0.2, 0.25) is 5.91 Å². The van der Waals surface area contributed by atoms with Crippen molar-refractivity contribution >= 4 is 5.91 Å². The van der Waals surface area contributed by atoms with E-state index in [1.165, 1.54) is 0 Å². The maximum absolute atomic E-state index is 11.3. The number of ether oxygens (including phenoxy) is 1. The second-order valence-electron chi connectivity index (χ2n) is 3.15.